The number of aromatic nitrogens is 1. The van der Waals surface area contributed by atoms with E-state index in [0.717, 1.165) is 5.56 Å². The normalized spacial score (nSPS) is 13.1. The predicted octanol–water partition coefficient (Wildman–Crippen LogP) is 2.46. The highest BCUT2D eigenvalue weighted by Gasteiger charge is 2.16. The van der Waals surface area contributed by atoms with Crippen LogP contribution in [0.25, 0.3) is 0 Å². The highest BCUT2D eigenvalue weighted by molar-refractivity contribution is 5.70. The van der Waals surface area contributed by atoms with Gasteiger partial charge in [-0.15, -0.1) is 0 Å². The van der Waals surface area contributed by atoms with E-state index in [4.69, 9.17) is 4.74 Å². The lowest BCUT2D eigenvalue weighted by Gasteiger charge is -2.20. The Bertz CT molecular complexity index is 371. The molecule has 0 aromatic carbocycles. The summed E-state index contributed by atoms with van der Waals surface area (Å²) in [6.45, 7) is 8.29. The van der Waals surface area contributed by atoms with Crippen molar-refractivity contribution in [3.63, 3.8) is 0 Å². The van der Waals surface area contributed by atoms with Crippen LogP contribution in [0.2, 0.25) is 0 Å². The van der Waals surface area contributed by atoms with Crippen LogP contribution in [-0.2, 0) is 9.53 Å². The Labute approximate surface area is 109 Å². The summed E-state index contributed by atoms with van der Waals surface area (Å²) in [6.07, 6.45) is 3.91. The molecule has 1 aromatic rings. The highest BCUT2D eigenvalue weighted by atomic mass is 16.6. The molecule has 100 valence electrons. The van der Waals surface area contributed by atoms with Crippen LogP contribution in [0.3, 0.4) is 0 Å². The minimum Gasteiger partial charge on any atom is -0.460 e. The van der Waals surface area contributed by atoms with Crippen molar-refractivity contribution in [3.8, 4) is 0 Å². The van der Waals surface area contributed by atoms with Gasteiger partial charge in [0.25, 0.3) is 0 Å². The summed E-state index contributed by atoms with van der Waals surface area (Å²) in [7, 11) is 0. The van der Waals surface area contributed by atoms with Crippen molar-refractivity contribution >= 4 is 5.97 Å². The Morgan fingerprint density at radius 3 is 2.56 bits per heavy atom. The zero-order valence-corrected chi connectivity index (χ0v) is 11.6. The molecular weight excluding hydrogens is 228 g/mol. The van der Waals surface area contributed by atoms with Crippen molar-refractivity contribution in [1.29, 1.82) is 0 Å². The number of esters is 1. The molecule has 0 amide bonds. The van der Waals surface area contributed by atoms with E-state index in [-0.39, 0.29) is 12.0 Å². The smallest absolute Gasteiger partial charge is 0.307 e. The Hall–Kier alpha value is -1.42. The summed E-state index contributed by atoms with van der Waals surface area (Å²) >= 11 is 0. The summed E-state index contributed by atoms with van der Waals surface area (Å²) in [6, 6.07) is 4.13. The fourth-order valence-electron chi connectivity index (χ4n) is 1.55. The molecule has 0 radical (unpaired) electrons. The maximum atomic E-state index is 11.5. The first-order valence-electron chi connectivity index (χ1n) is 6.23. The number of hydrogen-bond donors (Lipinski definition) is 1. The number of pyridine rings is 1. The fourth-order valence-corrected chi connectivity index (χ4v) is 1.55. The van der Waals surface area contributed by atoms with Gasteiger partial charge in [-0.2, -0.15) is 0 Å². The number of rotatable bonds is 5. The van der Waals surface area contributed by atoms with Gasteiger partial charge in [-0.3, -0.25) is 9.78 Å². The quantitative estimate of drug-likeness (QED) is 0.816. The van der Waals surface area contributed by atoms with Crippen molar-refractivity contribution in [2.45, 2.75) is 45.8 Å². The van der Waals surface area contributed by atoms with Gasteiger partial charge in [-0.05, 0) is 45.4 Å². The van der Waals surface area contributed by atoms with E-state index < -0.39 is 5.60 Å². The van der Waals surface area contributed by atoms with Gasteiger partial charge in [0.2, 0.25) is 0 Å². The van der Waals surface area contributed by atoms with E-state index in [1.807, 2.05) is 32.9 Å². The molecular formula is C14H22N2O2. The molecule has 0 bridgehead atoms. The minimum absolute atomic E-state index is 0.170. The third-order valence-electron chi connectivity index (χ3n) is 2.41. The molecule has 1 aromatic heterocycles. The lowest BCUT2D eigenvalue weighted by atomic mass is 10.1. The topological polar surface area (TPSA) is 51.2 Å². The number of nitrogens with one attached hydrogen (secondary N) is 1. The van der Waals surface area contributed by atoms with Crippen LogP contribution in [0.15, 0.2) is 24.5 Å². The van der Waals surface area contributed by atoms with Crippen LogP contribution < -0.4 is 5.32 Å². The van der Waals surface area contributed by atoms with Gasteiger partial charge in [-0.25, -0.2) is 0 Å². The zero-order chi connectivity index (χ0) is 13.6. The first kappa shape index (κ1) is 14.6. The fraction of sp³-hybridized carbons (Fsp3) is 0.571. The maximum absolute atomic E-state index is 11.5. The SMILES string of the molecule is CC(NCCC(=O)OC(C)(C)C)c1ccncc1. The first-order valence-corrected chi connectivity index (χ1v) is 6.23. The molecule has 1 heterocycles. The average molecular weight is 250 g/mol. The average Bonchev–Trinajstić information content (AvgIpc) is 2.27. The third-order valence-corrected chi connectivity index (χ3v) is 2.41. The van der Waals surface area contributed by atoms with Gasteiger partial charge in [0.05, 0.1) is 6.42 Å². The lowest BCUT2D eigenvalue weighted by Crippen LogP contribution is -2.27. The van der Waals surface area contributed by atoms with Gasteiger partial charge in [0, 0.05) is 25.0 Å². The van der Waals surface area contributed by atoms with Gasteiger partial charge >= 0.3 is 5.97 Å². The molecule has 1 atom stereocenters. The Kier molecular flexibility index (Phi) is 5.28. The van der Waals surface area contributed by atoms with Crippen LogP contribution in [0, 0.1) is 0 Å². The molecule has 0 aliphatic heterocycles. The van der Waals surface area contributed by atoms with Crippen molar-refractivity contribution in [2.24, 2.45) is 0 Å². The monoisotopic (exact) mass is 250 g/mol. The molecule has 4 nitrogen and oxygen atoms in total. The molecule has 4 heteroatoms. The number of ether oxygens (including phenoxy) is 1. The van der Waals surface area contributed by atoms with Crippen LogP contribution in [0.5, 0.6) is 0 Å². The van der Waals surface area contributed by atoms with Crippen molar-refractivity contribution in [2.75, 3.05) is 6.54 Å². The zero-order valence-electron chi connectivity index (χ0n) is 11.6. The number of carbonyl (C=O) groups excluding carboxylic acids is 1. The van der Waals surface area contributed by atoms with E-state index in [9.17, 15) is 4.79 Å². The van der Waals surface area contributed by atoms with E-state index in [2.05, 4.69) is 17.2 Å². The minimum atomic E-state index is -0.409. The molecule has 0 fully saturated rings. The highest BCUT2D eigenvalue weighted by Crippen LogP contribution is 2.11. The summed E-state index contributed by atoms with van der Waals surface area (Å²) in [4.78, 5) is 15.5. The van der Waals surface area contributed by atoms with Crippen LogP contribution in [0.4, 0.5) is 0 Å². The van der Waals surface area contributed by atoms with E-state index in [1.165, 1.54) is 0 Å². The first-order chi connectivity index (χ1) is 8.38. The summed E-state index contributed by atoms with van der Waals surface area (Å²) in [5.41, 5.74) is 0.752. The maximum Gasteiger partial charge on any atom is 0.307 e. The molecule has 0 saturated heterocycles. The van der Waals surface area contributed by atoms with Crippen molar-refractivity contribution in [1.82, 2.24) is 10.3 Å². The standard InChI is InChI=1S/C14H22N2O2/c1-11(12-5-8-15-9-6-12)16-10-7-13(17)18-14(2,3)4/h5-6,8-9,11,16H,7,10H2,1-4H3. The van der Waals surface area contributed by atoms with Crippen molar-refractivity contribution < 1.29 is 9.53 Å². The lowest BCUT2D eigenvalue weighted by molar-refractivity contribution is -0.154. The van der Waals surface area contributed by atoms with Crippen molar-refractivity contribution in [3.05, 3.63) is 30.1 Å². The number of nitrogens with zero attached hydrogens (tertiary/aromatic N) is 1. The summed E-state index contributed by atoms with van der Waals surface area (Å²) < 4.78 is 5.24. The van der Waals surface area contributed by atoms with Gasteiger partial charge < -0.3 is 10.1 Å². The molecule has 18 heavy (non-hydrogen) atoms. The van der Waals surface area contributed by atoms with E-state index in [1.54, 1.807) is 12.4 Å². The van der Waals surface area contributed by atoms with Gasteiger partial charge in [0.1, 0.15) is 5.60 Å². The van der Waals surface area contributed by atoms with E-state index >= 15 is 0 Å². The van der Waals surface area contributed by atoms with E-state index in [0.29, 0.717) is 13.0 Å². The van der Waals surface area contributed by atoms with Crippen LogP contribution >= 0.6 is 0 Å². The Morgan fingerprint density at radius 1 is 1.39 bits per heavy atom. The molecule has 1 N–H and O–H groups in total. The largest absolute Gasteiger partial charge is 0.460 e. The summed E-state index contributed by atoms with van der Waals surface area (Å²) in [5.74, 6) is -0.170. The molecule has 1 unspecified atom stereocenters. The van der Waals surface area contributed by atoms with Gasteiger partial charge in [-0.1, -0.05) is 0 Å². The second-order valence-electron chi connectivity index (χ2n) is 5.29. The molecule has 0 aliphatic rings. The third kappa shape index (κ3) is 5.77. The molecule has 1 rings (SSSR count). The Balaban J connectivity index is 2.28. The number of carbonyl (C=O) groups is 1. The molecule has 0 spiro atoms. The summed E-state index contributed by atoms with van der Waals surface area (Å²) in [5, 5.41) is 3.29. The second kappa shape index (κ2) is 6.50. The Morgan fingerprint density at radius 2 is 2.00 bits per heavy atom. The van der Waals surface area contributed by atoms with Gasteiger partial charge in [0.15, 0.2) is 0 Å². The molecule has 0 aliphatic carbocycles. The second-order valence-corrected chi connectivity index (χ2v) is 5.29. The number of hydrogen-bond acceptors (Lipinski definition) is 4. The predicted molar refractivity (Wildman–Crippen MR) is 71.1 cm³/mol. The van der Waals surface area contributed by atoms with Crippen LogP contribution in [0.1, 0.15) is 45.7 Å². The van der Waals surface area contributed by atoms with Crippen LogP contribution in [-0.4, -0.2) is 23.1 Å². The molecule has 0 saturated carbocycles.